The van der Waals surface area contributed by atoms with Gasteiger partial charge in [0.15, 0.2) is 0 Å². The predicted molar refractivity (Wildman–Crippen MR) is 128 cm³/mol. The van der Waals surface area contributed by atoms with Gasteiger partial charge in [-0.05, 0) is 98.5 Å². The van der Waals surface area contributed by atoms with E-state index in [1.54, 1.807) is 5.56 Å². The van der Waals surface area contributed by atoms with Crippen LogP contribution in [0.2, 0.25) is 0 Å². The molecule has 2 nitrogen and oxygen atoms in total. The number of benzene rings is 1. The van der Waals surface area contributed by atoms with Crippen LogP contribution in [0.1, 0.15) is 63.4 Å². The number of thiocarbonyl (C=S) groups is 1. The largest absolute Gasteiger partial charge is 0.376 e. The Morgan fingerprint density at radius 1 is 1.07 bits per heavy atom. The third kappa shape index (κ3) is 3.57. The molecular weight excluding hydrogens is 392 g/mol. The predicted octanol–water partition coefficient (Wildman–Crippen LogP) is 5.30. The zero-order valence-corrected chi connectivity index (χ0v) is 19.4. The van der Waals surface area contributed by atoms with Crippen molar-refractivity contribution in [3.8, 4) is 0 Å². The summed E-state index contributed by atoms with van der Waals surface area (Å²) >= 11 is 8.26. The van der Waals surface area contributed by atoms with E-state index in [9.17, 15) is 0 Å². The normalized spacial score (nSPS) is 43.3. The van der Waals surface area contributed by atoms with Crippen LogP contribution in [0.25, 0.3) is 0 Å². The van der Waals surface area contributed by atoms with Gasteiger partial charge in [-0.25, -0.2) is 0 Å². The third-order valence-electron chi connectivity index (χ3n) is 8.83. The molecular formula is C25H36N2S2. The molecule has 5 fully saturated rings. The Labute approximate surface area is 186 Å². The molecule has 2 atom stereocenters. The Morgan fingerprint density at radius 3 is 2.34 bits per heavy atom. The lowest BCUT2D eigenvalue weighted by Crippen LogP contribution is -2.62. The number of thioether (sulfide) groups is 1. The van der Waals surface area contributed by atoms with Crippen LogP contribution in [0.5, 0.6) is 0 Å². The van der Waals surface area contributed by atoms with Gasteiger partial charge in [0.1, 0.15) is 0 Å². The molecule has 0 radical (unpaired) electrons. The van der Waals surface area contributed by atoms with Gasteiger partial charge < -0.3 is 11.1 Å². The highest BCUT2D eigenvalue weighted by atomic mass is 32.2. The SMILES string of the molecule is CSCC1C2CC3(C(=S)NC4CCC(N)CC4)CC1CC(c1ccccc1)(C2)C3. The highest BCUT2D eigenvalue weighted by Crippen LogP contribution is 2.68. The van der Waals surface area contributed by atoms with Crippen molar-refractivity contribution in [2.75, 3.05) is 12.0 Å². The average molecular weight is 429 g/mol. The van der Waals surface area contributed by atoms with Crippen molar-refractivity contribution >= 4 is 29.0 Å². The fourth-order valence-electron chi connectivity index (χ4n) is 7.71. The Morgan fingerprint density at radius 2 is 1.72 bits per heavy atom. The summed E-state index contributed by atoms with van der Waals surface area (Å²) in [6.45, 7) is 0. The first-order valence-electron chi connectivity index (χ1n) is 11.6. The van der Waals surface area contributed by atoms with E-state index in [1.807, 2.05) is 0 Å². The number of nitrogens with one attached hydrogen (secondary N) is 1. The van der Waals surface area contributed by atoms with E-state index in [0.29, 0.717) is 17.5 Å². The molecule has 158 valence electrons. The summed E-state index contributed by atoms with van der Waals surface area (Å²) in [5.41, 5.74) is 8.29. The van der Waals surface area contributed by atoms with Crippen LogP contribution >= 0.6 is 24.0 Å². The maximum atomic E-state index is 6.21. The van der Waals surface area contributed by atoms with E-state index < -0.39 is 0 Å². The number of rotatable bonds is 5. The van der Waals surface area contributed by atoms with Crippen molar-refractivity contribution in [3.63, 3.8) is 0 Å². The summed E-state index contributed by atoms with van der Waals surface area (Å²) in [5.74, 6) is 3.90. The molecule has 3 N–H and O–H groups in total. The second-order valence-corrected chi connectivity index (χ2v) is 12.0. The van der Waals surface area contributed by atoms with Gasteiger partial charge in [0.05, 0.1) is 4.99 Å². The van der Waals surface area contributed by atoms with Gasteiger partial charge in [0.25, 0.3) is 0 Å². The van der Waals surface area contributed by atoms with Crippen LogP contribution in [0.4, 0.5) is 0 Å². The van der Waals surface area contributed by atoms with Crippen molar-refractivity contribution in [2.45, 2.75) is 75.3 Å². The Kier molecular flexibility index (Phi) is 5.49. The lowest BCUT2D eigenvalue weighted by molar-refractivity contribution is -0.0732. The van der Waals surface area contributed by atoms with Crippen molar-refractivity contribution in [2.24, 2.45) is 28.9 Å². The fraction of sp³-hybridized carbons (Fsp3) is 0.720. The molecule has 5 saturated carbocycles. The fourth-order valence-corrected chi connectivity index (χ4v) is 9.04. The minimum Gasteiger partial charge on any atom is -0.376 e. The van der Waals surface area contributed by atoms with Crippen molar-refractivity contribution in [1.82, 2.24) is 5.32 Å². The molecule has 1 aromatic carbocycles. The molecule has 0 aliphatic heterocycles. The third-order valence-corrected chi connectivity index (χ3v) is 10.1. The summed E-state index contributed by atoms with van der Waals surface area (Å²) < 4.78 is 0. The Balaban J connectivity index is 1.42. The molecule has 0 saturated heterocycles. The van der Waals surface area contributed by atoms with Crippen LogP contribution in [0.3, 0.4) is 0 Å². The highest BCUT2D eigenvalue weighted by molar-refractivity contribution is 7.98. The monoisotopic (exact) mass is 428 g/mol. The van der Waals surface area contributed by atoms with Crippen LogP contribution in [-0.2, 0) is 5.41 Å². The molecule has 5 aliphatic carbocycles. The summed E-state index contributed by atoms with van der Waals surface area (Å²) in [6, 6.07) is 12.4. The van der Waals surface area contributed by atoms with Gasteiger partial charge in [-0.3, -0.25) is 0 Å². The van der Waals surface area contributed by atoms with E-state index in [4.69, 9.17) is 18.0 Å². The summed E-state index contributed by atoms with van der Waals surface area (Å²) in [5, 5.41) is 3.88. The van der Waals surface area contributed by atoms with Gasteiger partial charge in [-0.1, -0.05) is 42.5 Å². The topological polar surface area (TPSA) is 38.0 Å². The molecule has 4 bridgehead atoms. The highest BCUT2D eigenvalue weighted by Gasteiger charge is 2.62. The molecule has 6 rings (SSSR count). The first kappa shape index (κ1) is 20.3. The summed E-state index contributed by atoms with van der Waals surface area (Å²) in [4.78, 5) is 1.20. The van der Waals surface area contributed by atoms with Crippen molar-refractivity contribution < 1.29 is 0 Å². The van der Waals surface area contributed by atoms with Gasteiger partial charge in [0, 0.05) is 17.5 Å². The maximum Gasteiger partial charge on any atom is 0.0818 e. The maximum absolute atomic E-state index is 6.21. The van der Waals surface area contributed by atoms with E-state index in [1.165, 1.54) is 55.7 Å². The van der Waals surface area contributed by atoms with Gasteiger partial charge in [-0.15, -0.1) is 0 Å². The van der Waals surface area contributed by atoms with Gasteiger partial charge in [0.2, 0.25) is 0 Å². The van der Waals surface area contributed by atoms with Crippen molar-refractivity contribution in [1.29, 1.82) is 0 Å². The van der Waals surface area contributed by atoms with Crippen LogP contribution in [-0.4, -0.2) is 29.1 Å². The number of hydrogen-bond donors (Lipinski definition) is 2. The van der Waals surface area contributed by atoms with Gasteiger partial charge >= 0.3 is 0 Å². The molecule has 2 unspecified atom stereocenters. The minimum atomic E-state index is 0.228. The molecule has 0 heterocycles. The molecule has 29 heavy (non-hydrogen) atoms. The lowest BCUT2D eigenvalue weighted by Gasteiger charge is -2.65. The smallest absolute Gasteiger partial charge is 0.0818 e. The van der Waals surface area contributed by atoms with E-state index in [0.717, 1.165) is 30.6 Å². The van der Waals surface area contributed by atoms with Crippen molar-refractivity contribution in [3.05, 3.63) is 35.9 Å². The van der Waals surface area contributed by atoms with Crippen LogP contribution in [0.15, 0.2) is 30.3 Å². The molecule has 1 aromatic rings. The summed E-state index contributed by atoms with van der Waals surface area (Å²) in [7, 11) is 0. The number of hydrogen-bond acceptors (Lipinski definition) is 3. The Hall–Kier alpha value is -0.580. The molecule has 0 aromatic heterocycles. The first-order chi connectivity index (χ1) is 14.0. The minimum absolute atomic E-state index is 0.228. The van der Waals surface area contributed by atoms with Crippen LogP contribution in [0, 0.1) is 23.2 Å². The van der Waals surface area contributed by atoms with Gasteiger partial charge in [-0.2, -0.15) is 11.8 Å². The summed E-state index contributed by atoms with van der Waals surface area (Å²) in [6.07, 6.45) is 13.6. The molecule has 0 spiro atoms. The zero-order chi connectivity index (χ0) is 20.1. The lowest BCUT2D eigenvalue weighted by atomic mass is 9.40. The standard InChI is InChI=1S/C25H36N2S2/c1-29-15-22-17-11-24(19-5-3-2-4-6-19)12-18(22)14-25(13-17,16-24)23(28)27-21-9-7-20(26)8-10-21/h2-6,17-18,20-22H,7-16,26H2,1H3,(H,27,28). The average Bonchev–Trinajstić information content (AvgIpc) is 2.72. The first-order valence-corrected chi connectivity index (χ1v) is 13.4. The molecule has 4 heteroatoms. The second-order valence-electron chi connectivity index (χ2n) is 10.6. The molecule has 0 amide bonds. The number of nitrogens with two attached hydrogens (primary N) is 1. The Bertz CT molecular complexity index is 724. The quantitative estimate of drug-likeness (QED) is 0.624. The zero-order valence-electron chi connectivity index (χ0n) is 17.7. The van der Waals surface area contributed by atoms with Crippen LogP contribution < -0.4 is 11.1 Å². The van der Waals surface area contributed by atoms with E-state index >= 15 is 0 Å². The molecule has 5 aliphatic rings. The van der Waals surface area contributed by atoms with E-state index in [2.05, 4.69) is 53.7 Å². The second kappa shape index (κ2) is 7.84. The van der Waals surface area contributed by atoms with E-state index in [-0.39, 0.29) is 5.41 Å².